The maximum Gasteiger partial charge on any atom is 0.407 e. The lowest BCUT2D eigenvalue weighted by molar-refractivity contribution is -0.385. The number of hydrogen-bond donors (Lipinski definition) is 4. The third-order valence-corrected chi connectivity index (χ3v) is 11.0. The number of halogens is 2. The molecule has 45 heavy (non-hydrogen) atoms. The van der Waals surface area contributed by atoms with Crippen LogP contribution in [0.5, 0.6) is 0 Å². The van der Waals surface area contributed by atoms with Gasteiger partial charge in [-0.1, -0.05) is 12.1 Å². The Kier molecular flexibility index (Phi) is 14.0. The lowest BCUT2D eigenvalue weighted by Crippen LogP contribution is -2.52. The number of nitro benzene ring substituents is 2. The highest BCUT2D eigenvalue weighted by atomic mass is 79.9. The van der Waals surface area contributed by atoms with E-state index < -0.39 is 39.8 Å². The second kappa shape index (κ2) is 16.7. The van der Waals surface area contributed by atoms with Crippen molar-refractivity contribution in [2.75, 3.05) is 23.0 Å². The molecular weight excluding hydrogens is 756 g/mol. The van der Waals surface area contributed by atoms with Gasteiger partial charge in [0.2, 0.25) is 0 Å². The van der Waals surface area contributed by atoms with E-state index in [1.807, 2.05) is 0 Å². The first-order valence-electron chi connectivity index (χ1n) is 14.2. The highest BCUT2D eigenvalue weighted by Gasteiger charge is 2.34. The number of nitrogens with two attached hydrogens (primary N) is 1. The first-order chi connectivity index (χ1) is 21.1. The number of hydrogen-bond acceptors (Lipinski definition) is 11. The van der Waals surface area contributed by atoms with E-state index in [-0.39, 0.29) is 29.3 Å². The number of ether oxygens (including phenoxy) is 1. The molecule has 0 spiro atoms. The number of nitrogens with one attached hydrogen (secondary N) is 1. The van der Waals surface area contributed by atoms with E-state index in [0.717, 1.165) is 28.4 Å². The Morgan fingerprint density at radius 2 is 1.38 bits per heavy atom. The minimum atomic E-state index is -0.710. The fraction of sp³-hybridized carbons (Fsp3) is 0.552. The van der Waals surface area contributed by atoms with Crippen molar-refractivity contribution >= 4 is 72.9 Å². The molecule has 6 atom stereocenters. The van der Waals surface area contributed by atoms with E-state index in [9.17, 15) is 35.2 Å². The number of rotatable bonds is 7. The zero-order valence-electron chi connectivity index (χ0n) is 25.1. The summed E-state index contributed by atoms with van der Waals surface area (Å²) in [4.78, 5) is 32.7. The fourth-order valence-electron chi connectivity index (χ4n) is 4.98. The summed E-state index contributed by atoms with van der Waals surface area (Å²) in [5.41, 5.74) is 7.18. The maximum absolute atomic E-state index is 12.0. The summed E-state index contributed by atoms with van der Waals surface area (Å²) < 4.78 is 6.14. The molecule has 0 aliphatic carbocycles. The second-order valence-corrected chi connectivity index (χ2v) is 15.8. The van der Waals surface area contributed by atoms with Gasteiger partial charge in [0, 0.05) is 29.7 Å². The second-order valence-electron chi connectivity index (χ2n) is 12.0. The number of alkyl carbamates (subject to hydrolysis) is 1. The van der Waals surface area contributed by atoms with Crippen molar-refractivity contribution < 1.29 is 29.6 Å². The molecule has 0 aromatic heterocycles. The molecule has 2 heterocycles. The minimum absolute atomic E-state index is 0.0109. The van der Waals surface area contributed by atoms with Crippen molar-refractivity contribution in [3.8, 4) is 0 Å². The van der Waals surface area contributed by atoms with Crippen LogP contribution < -0.4 is 11.1 Å². The zero-order chi connectivity index (χ0) is 33.5. The Hall–Kier alpha value is -1.95. The van der Waals surface area contributed by atoms with Gasteiger partial charge in [0.15, 0.2) is 0 Å². The zero-order valence-corrected chi connectivity index (χ0v) is 29.9. The molecule has 0 radical (unpaired) electrons. The number of nitrogens with zero attached hydrogens (tertiary/aromatic N) is 2. The molecule has 2 aromatic rings. The molecule has 2 aromatic carbocycles. The molecule has 2 saturated heterocycles. The van der Waals surface area contributed by atoms with Gasteiger partial charge in [-0.2, -0.15) is 23.5 Å². The standard InChI is InChI=1S/C17H23BrN2O5S.C12H15BrN2O3S/c1-17(2,3)25-16(22)19-13-9-26-8-11(15(13)21)6-10-4-5-14(20(23)24)12(18)7-10;13-9-4-7(1-2-11(9)15(17)18)3-8-5-19-6-10(14)12(8)16/h4-5,7,11,13,15,21H,6,8-9H2,1-3H3,(H,19,22);1-2,4,8,10,12,16H,3,5-6,14H2/t11-,13+,15+;8-,10+,12+/m11/s1. The average molecular weight is 795 g/mol. The Morgan fingerprint density at radius 1 is 0.911 bits per heavy atom. The van der Waals surface area contributed by atoms with E-state index in [0.29, 0.717) is 27.5 Å². The molecule has 1 amide bonds. The molecule has 5 N–H and O–H groups in total. The predicted molar refractivity (Wildman–Crippen MR) is 184 cm³/mol. The summed E-state index contributed by atoms with van der Waals surface area (Å²) >= 11 is 9.82. The van der Waals surface area contributed by atoms with Crippen LogP contribution in [0.4, 0.5) is 16.2 Å². The van der Waals surface area contributed by atoms with Crippen molar-refractivity contribution in [3.63, 3.8) is 0 Å². The number of carbonyl (C=O) groups excluding carboxylic acids is 1. The van der Waals surface area contributed by atoms with Crippen LogP contribution in [0.3, 0.4) is 0 Å². The molecule has 0 unspecified atom stereocenters. The van der Waals surface area contributed by atoms with Crippen LogP contribution in [0, 0.1) is 32.1 Å². The average Bonchev–Trinajstić information content (AvgIpc) is 2.92. The highest BCUT2D eigenvalue weighted by Crippen LogP contribution is 2.32. The molecule has 248 valence electrons. The van der Waals surface area contributed by atoms with Crippen molar-refractivity contribution in [1.82, 2.24) is 5.32 Å². The summed E-state index contributed by atoms with van der Waals surface area (Å²) in [5.74, 6) is 3.04. The summed E-state index contributed by atoms with van der Waals surface area (Å²) in [6, 6.07) is 9.25. The molecule has 2 fully saturated rings. The summed E-state index contributed by atoms with van der Waals surface area (Å²) in [5, 5.41) is 45.1. The smallest absolute Gasteiger partial charge is 0.407 e. The lowest BCUT2D eigenvalue weighted by atomic mass is 9.91. The number of benzene rings is 2. The monoisotopic (exact) mass is 792 g/mol. The molecule has 16 heteroatoms. The number of amides is 1. The SMILES string of the molecule is CC(C)(C)OC(=O)N[C@H]1CSC[C@@H](Cc2ccc([N+](=O)[O-])c(Br)c2)[C@@H]1O.N[C@H]1CSC[C@@H](Cc2ccc([N+](=O)[O-])c(Br)c2)[C@@H]1O. The fourth-order valence-corrected chi connectivity index (χ4v) is 8.63. The van der Waals surface area contributed by atoms with E-state index >= 15 is 0 Å². The van der Waals surface area contributed by atoms with E-state index in [2.05, 4.69) is 37.2 Å². The first kappa shape index (κ1) is 37.5. The Bertz CT molecular complexity index is 1370. The van der Waals surface area contributed by atoms with Gasteiger partial charge in [-0.25, -0.2) is 4.79 Å². The highest BCUT2D eigenvalue weighted by molar-refractivity contribution is 9.11. The van der Waals surface area contributed by atoms with Gasteiger partial charge in [0.25, 0.3) is 11.4 Å². The van der Waals surface area contributed by atoms with Gasteiger partial charge < -0.3 is 26.0 Å². The Balaban J connectivity index is 0.000000257. The third-order valence-electron chi connectivity index (χ3n) is 7.20. The Labute approximate surface area is 287 Å². The van der Waals surface area contributed by atoms with Crippen molar-refractivity contribution in [3.05, 3.63) is 76.7 Å². The molecule has 4 rings (SSSR count). The summed E-state index contributed by atoms with van der Waals surface area (Å²) in [6.45, 7) is 5.36. The number of nitro groups is 2. The number of carbonyl (C=O) groups is 1. The van der Waals surface area contributed by atoms with Crippen molar-refractivity contribution in [2.24, 2.45) is 17.6 Å². The number of aliphatic hydroxyl groups is 2. The van der Waals surface area contributed by atoms with Gasteiger partial charge in [-0.15, -0.1) is 0 Å². The van der Waals surface area contributed by atoms with Crippen LogP contribution in [0.15, 0.2) is 45.3 Å². The van der Waals surface area contributed by atoms with Crippen molar-refractivity contribution in [2.45, 2.75) is 63.5 Å². The summed E-state index contributed by atoms with van der Waals surface area (Å²) in [7, 11) is 0. The van der Waals surface area contributed by atoms with E-state index in [1.54, 1.807) is 68.6 Å². The van der Waals surface area contributed by atoms with Crippen LogP contribution in [0.2, 0.25) is 0 Å². The lowest BCUT2D eigenvalue weighted by Gasteiger charge is -2.35. The first-order valence-corrected chi connectivity index (χ1v) is 18.1. The Morgan fingerprint density at radius 3 is 1.82 bits per heavy atom. The van der Waals surface area contributed by atoms with Crippen LogP contribution >= 0.6 is 55.4 Å². The third kappa shape index (κ3) is 11.4. The quantitative estimate of drug-likeness (QED) is 0.206. The molecule has 0 saturated carbocycles. The molecule has 2 aliphatic heterocycles. The minimum Gasteiger partial charge on any atom is -0.444 e. The molecule has 12 nitrogen and oxygen atoms in total. The van der Waals surface area contributed by atoms with Gasteiger partial charge in [0.1, 0.15) is 5.60 Å². The normalized spacial score (nSPS) is 25.0. The largest absolute Gasteiger partial charge is 0.444 e. The number of aliphatic hydroxyl groups excluding tert-OH is 2. The van der Waals surface area contributed by atoms with Crippen LogP contribution in [-0.4, -0.2) is 79.1 Å². The maximum atomic E-state index is 12.0. The van der Waals surface area contributed by atoms with Gasteiger partial charge in [-0.05, 0) is 112 Å². The van der Waals surface area contributed by atoms with E-state index in [4.69, 9.17) is 10.5 Å². The van der Waals surface area contributed by atoms with Crippen LogP contribution in [0.25, 0.3) is 0 Å². The van der Waals surface area contributed by atoms with Gasteiger partial charge in [0.05, 0.1) is 37.0 Å². The molecular formula is C29H38Br2N4O8S2. The number of thioether (sulfide) groups is 2. The van der Waals surface area contributed by atoms with Crippen molar-refractivity contribution in [1.29, 1.82) is 0 Å². The summed E-state index contributed by atoms with van der Waals surface area (Å²) in [6.07, 6.45) is -0.510. The van der Waals surface area contributed by atoms with Crippen LogP contribution in [0.1, 0.15) is 31.9 Å². The molecule has 2 aliphatic rings. The molecule has 0 bridgehead atoms. The topological polar surface area (TPSA) is 191 Å². The van der Waals surface area contributed by atoms with Gasteiger partial charge in [-0.3, -0.25) is 20.2 Å². The van der Waals surface area contributed by atoms with Crippen LogP contribution in [-0.2, 0) is 17.6 Å². The van der Waals surface area contributed by atoms with E-state index in [1.165, 1.54) is 12.1 Å². The van der Waals surface area contributed by atoms with Gasteiger partial charge >= 0.3 is 6.09 Å². The predicted octanol–water partition coefficient (Wildman–Crippen LogP) is 5.47.